The van der Waals surface area contributed by atoms with Gasteiger partial charge in [-0.15, -0.1) is 6.58 Å². The molecule has 0 aromatic heterocycles. The van der Waals surface area contributed by atoms with E-state index in [9.17, 15) is 0 Å². The fraction of sp³-hybridized carbons (Fsp3) is 0.273. The molecule has 1 heteroatoms. The summed E-state index contributed by atoms with van der Waals surface area (Å²) < 4.78 is 0. The van der Waals surface area contributed by atoms with Crippen molar-refractivity contribution in [1.29, 1.82) is 0 Å². The molecular weight excluding hydrogens is 146 g/mol. The molecule has 1 aromatic carbocycles. The molecule has 0 saturated heterocycles. The zero-order valence-corrected chi connectivity index (χ0v) is 7.24. The van der Waals surface area contributed by atoms with Gasteiger partial charge in [0, 0.05) is 5.92 Å². The smallest absolute Gasteiger partial charge is 0.00272 e. The van der Waals surface area contributed by atoms with E-state index in [1.807, 2.05) is 24.3 Å². The molecule has 0 aliphatic heterocycles. The van der Waals surface area contributed by atoms with Gasteiger partial charge >= 0.3 is 0 Å². The standard InChI is InChI=1S/C11H15N/c1-2-10(8-9-12)11-6-4-3-5-7-11/h2-7,10H,1,8-9,12H2/t10-/m1/s1. The summed E-state index contributed by atoms with van der Waals surface area (Å²) in [6, 6.07) is 10.3. The maximum atomic E-state index is 5.49. The van der Waals surface area contributed by atoms with Crippen LogP contribution < -0.4 is 5.73 Å². The van der Waals surface area contributed by atoms with E-state index in [0.717, 1.165) is 6.42 Å². The van der Waals surface area contributed by atoms with Crippen LogP contribution in [0.1, 0.15) is 17.9 Å². The van der Waals surface area contributed by atoms with E-state index >= 15 is 0 Å². The lowest BCUT2D eigenvalue weighted by atomic mass is 9.96. The van der Waals surface area contributed by atoms with Gasteiger partial charge in [0.05, 0.1) is 0 Å². The second-order valence-corrected chi connectivity index (χ2v) is 2.83. The van der Waals surface area contributed by atoms with E-state index in [2.05, 4.69) is 18.7 Å². The third kappa shape index (κ3) is 2.21. The highest BCUT2D eigenvalue weighted by molar-refractivity contribution is 5.22. The van der Waals surface area contributed by atoms with E-state index in [1.54, 1.807) is 0 Å². The predicted octanol–water partition coefficient (Wildman–Crippen LogP) is 2.31. The molecule has 0 aliphatic rings. The Kier molecular flexibility index (Phi) is 3.55. The summed E-state index contributed by atoms with van der Waals surface area (Å²) in [6.45, 7) is 4.51. The Morgan fingerprint density at radius 1 is 1.33 bits per heavy atom. The second-order valence-electron chi connectivity index (χ2n) is 2.83. The van der Waals surface area contributed by atoms with Gasteiger partial charge in [-0.05, 0) is 18.5 Å². The molecule has 0 amide bonds. The van der Waals surface area contributed by atoms with Gasteiger partial charge in [-0.3, -0.25) is 0 Å². The van der Waals surface area contributed by atoms with Crippen molar-refractivity contribution >= 4 is 0 Å². The monoisotopic (exact) mass is 161 g/mol. The summed E-state index contributed by atoms with van der Waals surface area (Å²) >= 11 is 0. The highest BCUT2D eigenvalue weighted by Gasteiger charge is 2.03. The van der Waals surface area contributed by atoms with Crippen LogP contribution in [0.15, 0.2) is 43.0 Å². The number of allylic oxidation sites excluding steroid dienone is 1. The molecule has 12 heavy (non-hydrogen) atoms. The predicted molar refractivity (Wildman–Crippen MR) is 53.1 cm³/mol. The number of nitrogens with two attached hydrogens (primary N) is 1. The first-order valence-corrected chi connectivity index (χ1v) is 4.26. The first-order valence-electron chi connectivity index (χ1n) is 4.26. The summed E-state index contributed by atoms with van der Waals surface area (Å²) in [7, 11) is 0. The van der Waals surface area contributed by atoms with Crippen LogP contribution in [0.2, 0.25) is 0 Å². The second kappa shape index (κ2) is 4.73. The molecule has 0 heterocycles. The summed E-state index contributed by atoms with van der Waals surface area (Å²) in [6.07, 6.45) is 2.94. The molecule has 0 spiro atoms. The molecule has 0 unspecified atom stereocenters. The summed E-state index contributed by atoms with van der Waals surface area (Å²) in [5.41, 5.74) is 6.80. The van der Waals surface area contributed by atoms with Crippen LogP contribution in [0, 0.1) is 0 Å². The Hall–Kier alpha value is -1.08. The largest absolute Gasteiger partial charge is 0.330 e. The van der Waals surface area contributed by atoms with Gasteiger partial charge in [0.2, 0.25) is 0 Å². The zero-order valence-electron chi connectivity index (χ0n) is 7.24. The molecule has 64 valence electrons. The van der Waals surface area contributed by atoms with Crippen LogP contribution in [-0.2, 0) is 0 Å². The van der Waals surface area contributed by atoms with Crippen molar-refractivity contribution in [2.24, 2.45) is 5.73 Å². The van der Waals surface area contributed by atoms with Gasteiger partial charge < -0.3 is 5.73 Å². The highest BCUT2D eigenvalue weighted by Crippen LogP contribution is 2.18. The lowest BCUT2D eigenvalue weighted by Crippen LogP contribution is -2.05. The van der Waals surface area contributed by atoms with Crippen molar-refractivity contribution in [3.63, 3.8) is 0 Å². The Morgan fingerprint density at radius 2 is 2.00 bits per heavy atom. The minimum absolute atomic E-state index is 0.413. The van der Waals surface area contributed by atoms with Gasteiger partial charge in [-0.25, -0.2) is 0 Å². The Balaban J connectivity index is 2.73. The number of benzene rings is 1. The van der Waals surface area contributed by atoms with Gasteiger partial charge in [0.15, 0.2) is 0 Å². The van der Waals surface area contributed by atoms with Gasteiger partial charge in [-0.2, -0.15) is 0 Å². The topological polar surface area (TPSA) is 26.0 Å². The molecule has 0 aliphatic carbocycles. The van der Waals surface area contributed by atoms with Crippen molar-refractivity contribution < 1.29 is 0 Å². The molecule has 1 nitrogen and oxygen atoms in total. The van der Waals surface area contributed by atoms with Crippen LogP contribution >= 0.6 is 0 Å². The van der Waals surface area contributed by atoms with E-state index < -0.39 is 0 Å². The zero-order chi connectivity index (χ0) is 8.81. The molecule has 0 fully saturated rings. The molecule has 2 N–H and O–H groups in total. The van der Waals surface area contributed by atoms with Gasteiger partial charge in [0.25, 0.3) is 0 Å². The average Bonchev–Trinajstić information content (AvgIpc) is 2.15. The summed E-state index contributed by atoms with van der Waals surface area (Å²) in [5, 5.41) is 0. The van der Waals surface area contributed by atoms with Crippen molar-refractivity contribution in [2.75, 3.05) is 6.54 Å². The quantitative estimate of drug-likeness (QED) is 0.674. The van der Waals surface area contributed by atoms with Crippen molar-refractivity contribution in [1.82, 2.24) is 0 Å². The van der Waals surface area contributed by atoms with Crippen LogP contribution in [0.5, 0.6) is 0 Å². The maximum absolute atomic E-state index is 5.49. The molecule has 0 radical (unpaired) electrons. The van der Waals surface area contributed by atoms with Crippen LogP contribution in [0.4, 0.5) is 0 Å². The normalized spacial score (nSPS) is 12.4. The van der Waals surface area contributed by atoms with Crippen LogP contribution in [-0.4, -0.2) is 6.54 Å². The van der Waals surface area contributed by atoms with Crippen LogP contribution in [0.25, 0.3) is 0 Å². The minimum Gasteiger partial charge on any atom is -0.330 e. The van der Waals surface area contributed by atoms with E-state index in [-0.39, 0.29) is 0 Å². The highest BCUT2D eigenvalue weighted by atomic mass is 14.5. The lowest BCUT2D eigenvalue weighted by Gasteiger charge is -2.10. The Morgan fingerprint density at radius 3 is 2.50 bits per heavy atom. The summed E-state index contributed by atoms with van der Waals surface area (Å²) in [4.78, 5) is 0. The first kappa shape index (κ1) is 9.01. The molecule has 0 bridgehead atoms. The number of hydrogen-bond acceptors (Lipinski definition) is 1. The lowest BCUT2D eigenvalue weighted by molar-refractivity contribution is 0.749. The van der Waals surface area contributed by atoms with E-state index in [0.29, 0.717) is 12.5 Å². The molecule has 1 aromatic rings. The fourth-order valence-corrected chi connectivity index (χ4v) is 1.30. The number of rotatable bonds is 4. The molecule has 1 atom stereocenters. The third-order valence-corrected chi connectivity index (χ3v) is 1.99. The van der Waals surface area contributed by atoms with Crippen molar-refractivity contribution in [3.05, 3.63) is 48.6 Å². The molecular formula is C11H15N. The fourth-order valence-electron chi connectivity index (χ4n) is 1.30. The first-order chi connectivity index (χ1) is 5.88. The van der Waals surface area contributed by atoms with Crippen LogP contribution in [0.3, 0.4) is 0 Å². The average molecular weight is 161 g/mol. The van der Waals surface area contributed by atoms with Gasteiger partial charge in [0.1, 0.15) is 0 Å². The number of hydrogen-bond donors (Lipinski definition) is 1. The minimum atomic E-state index is 0.413. The molecule has 1 rings (SSSR count). The van der Waals surface area contributed by atoms with Gasteiger partial charge in [-0.1, -0.05) is 36.4 Å². The third-order valence-electron chi connectivity index (χ3n) is 1.99. The SMILES string of the molecule is C=C[C@H](CCN)c1ccccc1. The maximum Gasteiger partial charge on any atom is 0.00272 e. The van der Waals surface area contributed by atoms with Crippen molar-refractivity contribution in [2.45, 2.75) is 12.3 Å². The summed E-state index contributed by atoms with van der Waals surface area (Å²) in [5.74, 6) is 0.413. The van der Waals surface area contributed by atoms with E-state index in [1.165, 1.54) is 5.56 Å². The Labute approximate surface area is 73.9 Å². The Bertz CT molecular complexity index is 228. The van der Waals surface area contributed by atoms with E-state index in [4.69, 9.17) is 5.73 Å². The molecule has 0 saturated carbocycles. The van der Waals surface area contributed by atoms with Crippen molar-refractivity contribution in [3.8, 4) is 0 Å².